The molecule has 1 saturated carbocycles. The molecule has 0 aromatic heterocycles. The summed E-state index contributed by atoms with van der Waals surface area (Å²) in [5.74, 6) is 0.331. The summed E-state index contributed by atoms with van der Waals surface area (Å²) >= 11 is 0. The number of amides is 2. The van der Waals surface area contributed by atoms with Crippen LogP contribution < -0.4 is 10.6 Å². The monoisotopic (exact) mass is 344 g/mol. The van der Waals surface area contributed by atoms with E-state index in [2.05, 4.69) is 31.4 Å². The fourth-order valence-electron chi connectivity index (χ4n) is 3.46. The highest BCUT2D eigenvalue weighted by Crippen LogP contribution is 2.24. The Balaban J connectivity index is 2.01. The summed E-state index contributed by atoms with van der Waals surface area (Å²) in [4.78, 5) is 25.3. The SMILES string of the molecule is CCc1cccc(NC(=O)[C@H](CC(C)C)NC(=O)C2CCCCC2)c1. The van der Waals surface area contributed by atoms with Crippen molar-refractivity contribution in [2.75, 3.05) is 5.32 Å². The van der Waals surface area contributed by atoms with Gasteiger partial charge in [-0.3, -0.25) is 9.59 Å². The fraction of sp³-hybridized carbons (Fsp3) is 0.619. The molecule has 0 heterocycles. The summed E-state index contributed by atoms with van der Waals surface area (Å²) in [7, 11) is 0. The van der Waals surface area contributed by atoms with Crippen molar-refractivity contribution < 1.29 is 9.59 Å². The third kappa shape index (κ3) is 6.18. The standard InChI is InChI=1S/C21H32N2O2/c1-4-16-9-8-12-18(14-16)22-21(25)19(13-15(2)3)23-20(24)17-10-6-5-7-11-17/h8-9,12,14-15,17,19H,4-7,10-11,13H2,1-3H3,(H,22,25)(H,23,24)/t19-/m0/s1. The molecule has 2 amide bonds. The minimum absolute atomic E-state index is 0.0443. The van der Waals surface area contributed by atoms with Gasteiger partial charge >= 0.3 is 0 Å². The molecule has 4 nitrogen and oxygen atoms in total. The molecule has 4 heteroatoms. The van der Waals surface area contributed by atoms with Crippen molar-refractivity contribution in [1.82, 2.24) is 5.32 Å². The third-order valence-corrected chi connectivity index (χ3v) is 4.92. The number of rotatable bonds is 7. The van der Waals surface area contributed by atoms with Crippen molar-refractivity contribution in [2.45, 2.75) is 71.8 Å². The number of carbonyl (C=O) groups is 2. The second kappa shape index (κ2) is 9.59. The molecule has 1 aromatic carbocycles. The van der Waals surface area contributed by atoms with E-state index in [0.717, 1.165) is 37.8 Å². The zero-order valence-electron chi connectivity index (χ0n) is 15.8. The van der Waals surface area contributed by atoms with E-state index in [1.54, 1.807) is 0 Å². The van der Waals surface area contributed by atoms with Crippen molar-refractivity contribution in [2.24, 2.45) is 11.8 Å². The highest BCUT2D eigenvalue weighted by atomic mass is 16.2. The molecule has 2 rings (SSSR count). The van der Waals surface area contributed by atoms with Crippen LogP contribution in [0.4, 0.5) is 5.69 Å². The van der Waals surface area contributed by atoms with Crippen LogP contribution in [0.5, 0.6) is 0 Å². The van der Waals surface area contributed by atoms with Gasteiger partial charge in [0.25, 0.3) is 0 Å². The molecule has 0 radical (unpaired) electrons. The summed E-state index contributed by atoms with van der Waals surface area (Å²) in [5.41, 5.74) is 1.98. The summed E-state index contributed by atoms with van der Waals surface area (Å²) in [6.45, 7) is 6.24. The van der Waals surface area contributed by atoms with Crippen molar-refractivity contribution in [3.8, 4) is 0 Å². The number of benzene rings is 1. The van der Waals surface area contributed by atoms with Crippen molar-refractivity contribution >= 4 is 17.5 Å². The zero-order valence-corrected chi connectivity index (χ0v) is 15.8. The largest absolute Gasteiger partial charge is 0.344 e. The average molecular weight is 344 g/mol. The average Bonchev–Trinajstić information content (AvgIpc) is 2.61. The highest BCUT2D eigenvalue weighted by Gasteiger charge is 2.27. The molecule has 1 aromatic rings. The molecule has 1 fully saturated rings. The first-order valence-electron chi connectivity index (χ1n) is 9.69. The van der Waals surface area contributed by atoms with Crippen molar-refractivity contribution in [3.05, 3.63) is 29.8 Å². The first kappa shape index (κ1) is 19.5. The Bertz CT molecular complexity index is 577. The number of hydrogen-bond donors (Lipinski definition) is 2. The van der Waals surface area contributed by atoms with Crippen LogP contribution in [0.2, 0.25) is 0 Å². The Morgan fingerprint density at radius 1 is 1.16 bits per heavy atom. The van der Waals surface area contributed by atoms with Gasteiger partial charge in [0, 0.05) is 11.6 Å². The molecule has 0 aliphatic heterocycles. The molecule has 1 atom stereocenters. The quantitative estimate of drug-likeness (QED) is 0.775. The second-order valence-corrected chi connectivity index (χ2v) is 7.57. The van der Waals surface area contributed by atoms with Gasteiger partial charge in [0.15, 0.2) is 0 Å². The van der Waals surface area contributed by atoms with Crippen LogP contribution in [0.1, 0.15) is 64.9 Å². The van der Waals surface area contributed by atoms with Gasteiger partial charge in [-0.25, -0.2) is 0 Å². The molecule has 1 aliphatic rings. The van der Waals surface area contributed by atoms with E-state index in [1.807, 2.05) is 24.3 Å². The van der Waals surface area contributed by atoms with E-state index < -0.39 is 6.04 Å². The maximum Gasteiger partial charge on any atom is 0.246 e. The van der Waals surface area contributed by atoms with Gasteiger partial charge in [0.1, 0.15) is 6.04 Å². The van der Waals surface area contributed by atoms with Gasteiger partial charge in [-0.1, -0.05) is 52.2 Å². The van der Waals surface area contributed by atoms with E-state index in [4.69, 9.17) is 0 Å². The van der Waals surface area contributed by atoms with Gasteiger partial charge in [-0.15, -0.1) is 0 Å². The van der Waals surface area contributed by atoms with Crippen LogP contribution in [0.3, 0.4) is 0 Å². The Morgan fingerprint density at radius 2 is 1.88 bits per heavy atom. The van der Waals surface area contributed by atoms with Gasteiger partial charge in [0.2, 0.25) is 11.8 Å². The lowest BCUT2D eigenvalue weighted by atomic mass is 9.88. The lowest BCUT2D eigenvalue weighted by Crippen LogP contribution is -2.47. The topological polar surface area (TPSA) is 58.2 Å². The predicted molar refractivity (Wildman–Crippen MR) is 102 cm³/mol. The van der Waals surface area contributed by atoms with E-state index in [9.17, 15) is 9.59 Å². The molecule has 0 saturated heterocycles. The van der Waals surface area contributed by atoms with E-state index in [-0.39, 0.29) is 17.7 Å². The number of hydrogen-bond acceptors (Lipinski definition) is 2. The normalized spacial score (nSPS) is 16.5. The Hall–Kier alpha value is -1.84. The maximum absolute atomic E-state index is 12.7. The lowest BCUT2D eigenvalue weighted by molar-refractivity contribution is -0.130. The van der Waals surface area contributed by atoms with Gasteiger partial charge in [0.05, 0.1) is 0 Å². The van der Waals surface area contributed by atoms with Crippen LogP contribution in [0.15, 0.2) is 24.3 Å². The first-order valence-corrected chi connectivity index (χ1v) is 9.69. The molecule has 2 N–H and O–H groups in total. The van der Waals surface area contributed by atoms with E-state index in [0.29, 0.717) is 12.3 Å². The van der Waals surface area contributed by atoms with Crippen molar-refractivity contribution in [1.29, 1.82) is 0 Å². The van der Waals surface area contributed by atoms with Gasteiger partial charge in [-0.05, 0) is 49.3 Å². The fourth-order valence-corrected chi connectivity index (χ4v) is 3.46. The maximum atomic E-state index is 12.7. The lowest BCUT2D eigenvalue weighted by Gasteiger charge is -2.25. The summed E-state index contributed by atoms with van der Waals surface area (Å²) < 4.78 is 0. The van der Waals surface area contributed by atoms with Crippen LogP contribution in [-0.4, -0.2) is 17.9 Å². The highest BCUT2D eigenvalue weighted by molar-refractivity contribution is 5.97. The first-order chi connectivity index (χ1) is 12.0. The van der Waals surface area contributed by atoms with Gasteiger partial charge in [-0.2, -0.15) is 0 Å². The zero-order chi connectivity index (χ0) is 18.2. The molecular formula is C21H32N2O2. The minimum Gasteiger partial charge on any atom is -0.344 e. The van der Waals surface area contributed by atoms with Crippen LogP contribution >= 0.6 is 0 Å². The molecule has 0 spiro atoms. The molecular weight excluding hydrogens is 312 g/mol. The number of aryl methyl sites for hydroxylation is 1. The molecule has 0 unspecified atom stereocenters. The predicted octanol–water partition coefficient (Wildman–Crippen LogP) is 4.30. The second-order valence-electron chi connectivity index (χ2n) is 7.57. The Morgan fingerprint density at radius 3 is 2.52 bits per heavy atom. The van der Waals surface area contributed by atoms with Crippen molar-refractivity contribution in [3.63, 3.8) is 0 Å². The molecule has 1 aliphatic carbocycles. The van der Waals surface area contributed by atoms with Crippen LogP contribution in [0.25, 0.3) is 0 Å². The third-order valence-electron chi connectivity index (χ3n) is 4.92. The summed E-state index contributed by atoms with van der Waals surface area (Å²) in [5, 5.41) is 5.99. The molecule has 0 bridgehead atoms. The Labute approximate surface area is 151 Å². The minimum atomic E-state index is -0.472. The molecule has 25 heavy (non-hydrogen) atoms. The number of carbonyl (C=O) groups excluding carboxylic acids is 2. The number of nitrogens with one attached hydrogen (secondary N) is 2. The van der Waals surface area contributed by atoms with E-state index >= 15 is 0 Å². The summed E-state index contributed by atoms with van der Waals surface area (Å²) in [6, 6.07) is 7.41. The van der Waals surface area contributed by atoms with Gasteiger partial charge < -0.3 is 10.6 Å². The van der Waals surface area contributed by atoms with E-state index in [1.165, 1.54) is 12.0 Å². The smallest absolute Gasteiger partial charge is 0.246 e. The Kier molecular flexibility index (Phi) is 7.48. The van der Waals surface area contributed by atoms with Crippen LogP contribution in [-0.2, 0) is 16.0 Å². The van der Waals surface area contributed by atoms with Crippen LogP contribution in [0, 0.1) is 11.8 Å². The molecule has 138 valence electrons. The summed E-state index contributed by atoms with van der Waals surface area (Å²) in [6.07, 6.45) is 6.91. The number of anilines is 1.